The van der Waals surface area contributed by atoms with Gasteiger partial charge in [-0.25, -0.2) is 0 Å². The van der Waals surface area contributed by atoms with E-state index in [0.29, 0.717) is 0 Å². The molecule has 92 valence electrons. The Balaban J connectivity index is 2.13. The Morgan fingerprint density at radius 3 is 2.83 bits per heavy atom. The van der Waals surface area contributed by atoms with Crippen LogP contribution in [0.5, 0.6) is 5.75 Å². The highest BCUT2D eigenvalue weighted by Crippen LogP contribution is 2.38. The second-order valence-electron chi connectivity index (χ2n) is 4.19. The molecule has 4 heteroatoms. The van der Waals surface area contributed by atoms with E-state index in [-0.39, 0.29) is 0 Å². The van der Waals surface area contributed by atoms with Gasteiger partial charge in [-0.3, -0.25) is 5.14 Å². The summed E-state index contributed by atoms with van der Waals surface area (Å²) in [6.45, 7) is 0.738. The van der Waals surface area contributed by atoms with Crippen molar-refractivity contribution in [1.29, 1.82) is 0 Å². The molecule has 0 atom stereocenters. The van der Waals surface area contributed by atoms with E-state index in [2.05, 4.69) is 12.1 Å². The summed E-state index contributed by atoms with van der Waals surface area (Å²) in [5, 5.41) is 6.45. The molecule has 0 saturated heterocycles. The van der Waals surface area contributed by atoms with Gasteiger partial charge in [-0.15, -0.1) is 0 Å². The Kier molecular flexibility index (Phi) is 3.20. The average Bonchev–Trinajstić information content (AvgIpc) is 2.85. The maximum absolute atomic E-state index is 6.03. The zero-order valence-corrected chi connectivity index (χ0v) is 11.2. The van der Waals surface area contributed by atoms with Crippen molar-refractivity contribution in [3.63, 3.8) is 0 Å². The van der Waals surface area contributed by atoms with Gasteiger partial charge in [0.25, 0.3) is 0 Å². The molecule has 0 spiro atoms. The van der Waals surface area contributed by atoms with Gasteiger partial charge in [0.2, 0.25) is 0 Å². The minimum Gasteiger partial charge on any atom is -0.492 e. The number of fused-ring (bicyclic) bond motifs is 1. The largest absolute Gasteiger partial charge is 0.492 e. The Labute approximate surface area is 115 Å². The molecule has 0 unspecified atom stereocenters. The molecule has 18 heavy (non-hydrogen) atoms. The summed E-state index contributed by atoms with van der Waals surface area (Å²) in [5.41, 5.74) is 3.46. The minimum atomic E-state index is 0.738. The fourth-order valence-corrected chi connectivity index (χ4v) is 2.88. The van der Waals surface area contributed by atoms with E-state index < -0.39 is 0 Å². The number of nitrogens with two attached hydrogens (primary N) is 1. The SMILES string of the molecule is NSc1cc(-c2cccc(Cl)c2)cc2c1OCC2. The van der Waals surface area contributed by atoms with E-state index in [1.165, 1.54) is 17.5 Å². The molecule has 0 amide bonds. The fraction of sp³-hybridized carbons (Fsp3) is 0.143. The second-order valence-corrected chi connectivity index (χ2v) is 5.30. The van der Waals surface area contributed by atoms with Crippen molar-refractivity contribution in [3.05, 3.63) is 47.0 Å². The first kappa shape index (κ1) is 11.9. The fourth-order valence-electron chi connectivity index (χ4n) is 2.19. The normalized spacial score (nSPS) is 13.2. The average molecular weight is 278 g/mol. The zero-order chi connectivity index (χ0) is 12.5. The van der Waals surface area contributed by atoms with Gasteiger partial charge < -0.3 is 4.74 Å². The van der Waals surface area contributed by atoms with Crippen LogP contribution in [-0.4, -0.2) is 6.61 Å². The molecular weight excluding hydrogens is 266 g/mol. The van der Waals surface area contributed by atoms with E-state index in [4.69, 9.17) is 21.5 Å². The predicted octanol–water partition coefficient (Wildman–Crippen LogP) is 3.91. The highest BCUT2D eigenvalue weighted by Gasteiger charge is 2.18. The molecule has 2 aromatic carbocycles. The van der Waals surface area contributed by atoms with Crippen LogP contribution in [0.1, 0.15) is 5.56 Å². The van der Waals surface area contributed by atoms with E-state index in [1.54, 1.807) is 0 Å². The van der Waals surface area contributed by atoms with E-state index >= 15 is 0 Å². The lowest BCUT2D eigenvalue weighted by Gasteiger charge is -2.09. The van der Waals surface area contributed by atoms with Gasteiger partial charge in [0.05, 0.1) is 11.5 Å². The third kappa shape index (κ3) is 2.09. The third-order valence-corrected chi connectivity index (χ3v) is 3.83. The maximum Gasteiger partial charge on any atom is 0.137 e. The Morgan fingerprint density at radius 1 is 1.17 bits per heavy atom. The van der Waals surface area contributed by atoms with E-state index in [9.17, 15) is 0 Å². The third-order valence-electron chi connectivity index (χ3n) is 3.03. The summed E-state index contributed by atoms with van der Waals surface area (Å²) in [6.07, 6.45) is 0.942. The molecule has 2 nitrogen and oxygen atoms in total. The van der Waals surface area contributed by atoms with Crippen LogP contribution in [0.25, 0.3) is 11.1 Å². The summed E-state index contributed by atoms with van der Waals surface area (Å²) in [4.78, 5) is 0.986. The molecule has 0 aromatic heterocycles. The number of rotatable bonds is 2. The Morgan fingerprint density at radius 2 is 2.06 bits per heavy atom. The molecular formula is C14H12ClNOS. The standard InChI is InChI=1S/C14H12ClNOS/c15-12-3-1-2-9(7-12)11-6-10-4-5-17-14(10)13(8-11)18-16/h1-3,6-8H,4-5,16H2. The number of halogens is 1. The lowest BCUT2D eigenvalue weighted by atomic mass is 10.0. The van der Waals surface area contributed by atoms with Crippen LogP contribution >= 0.6 is 23.5 Å². The molecule has 0 saturated carbocycles. The molecule has 0 aliphatic carbocycles. The molecule has 1 aliphatic rings. The van der Waals surface area contributed by atoms with Crippen LogP contribution in [-0.2, 0) is 6.42 Å². The minimum absolute atomic E-state index is 0.738. The summed E-state index contributed by atoms with van der Waals surface area (Å²) in [5.74, 6) is 0.938. The Bertz CT molecular complexity index is 600. The van der Waals surface area contributed by atoms with Crippen molar-refractivity contribution in [2.75, 3.05) is 6.61 Å². The quantitative estimate of drug-likeness (QED) is 0.846. The van der Waals surface area contributed by atoms with Gasteiger partial charge in [-0.1, -0.05) is 23.7 Å². The monoisotopic (exact) mass is 277 g/mol. The van der Waals surface area contributed by atoms with Gasteiger partial charge in [-0.2, -0.15) is 0 Å². The van der Waals surface area contributed by atoms with Crippen molar-refractivity contribution >= 4 is 23.5 Å². The number of hydrogen-bond acceptors (Lipinski definition) is 3. The summed E-state index contributed by atoms with van der Waals surface area (Å²) < 4.78 is 5.61. The van der Waals surface area contributed by atoms with Crippen molar-refractivity contribution in [1.82, 2.24) is 0 Å². The zero-order valence-electron chi connectivity index (χ0n) is 9.65. The number of hydrogen-bond donors (Lipinski definition) is 1. The van der Waals surface area contributed by atoms with Gasteiger partial charge in [0, 0.05) is 11.4 Å². The molecule has 0 bridgehead atoms. The lowest BCUT2D eigenvalue weighted by molar-refractivity contribution is 0.350. The first-order chi connectivity index (χ1) is 8.78. The maximum atomic E-state index is 6.03. The van der Waals surface area contributed by atoms with E-state index in [0.717, 1.165) is 39.8 Å². The van der Waals surface area contributed by atoms with Crippen LogP contribution in [0.15, 0.2) is 41.3 Å². The van der Waals surface area contributed by atoms with Crippen molar-refractivity contribution in [2.24, 2.45) is 5.14 Å². The van der Waals surface area contributed by atoms with Crippen molar-refractivity contribution < 1.29 is 4.74 Å². The molecule has 2 N–H and O–H groups in total. The van der Waals surface area contributed by atoms with Crippen molar-refractivity contribution in [2.45, 2.75) is 11.3 Å². The number of ether oxygens (including phenoxy) is 1. The molecule has 1 aliphatic heterocycles. The summed E-state index contributed by atoms with van der Waals surface area (Å²) >= 11 is 7.26. The molecule has 0 radical (unpaired) electrons. The van der Waals surface area contributed by atoms with E-state index in [1.807, 2.05) is 24.3 Å². The van der Waals surface area contributed by atoms with Gasteiger partial charge in [0.15, 0.2) is 0 Å². The van der Waals surface area contributed by atoms with Crippen LogP contribution in [0, 0.1) is 0 Å². The van der Waals surface area contributed by atoms with Gasteiger partial charge in [-0.05, 0) is 52.9 Å². The predicted molar refractivity (Wildman–Crippen MR) is 76.1 cm³/mol. The van der Waals surface area contributed by atoms with Crippen LogP contribution in [0.2, 0.25) is 5.02 Å². The molecule has 0 fully saturated rings. The summed E-state index contributed by atoms with van der Waals surface area (Å²) in [7, 11) is 0. The van der Waals surface area contributed by atoms with Crippen LogP contribution < -0.4 is 9.88 Å². The molecule has 1 heterocycles. The Hall–Kier alpha value is -1.16. The highest BCUT2D eigenvalue weighted by molar-refractivity contribution is 7.97. The first-order valence-electron chi connectivity index (χ1n) is 5.70. The second kappa shape index (κ2) is 4.84. The van der Waals surface area contributed by atoms with Gasteiger partial charge in [0.1, 0.15) is 5.75 Å². The smallest absolute Gasteiger partial charge is 0.137 e. The van der Waals surface area contributed by atoms with Crippen molar-refractivity contribution in [3.8, 4) is 16.9 Å². The molecule has 2 aromatic rings. The number of benzene rings is 2. The topological polar surface area (TPSA) is 35.2 Å². The van der Waals surface area contributed by atoms with Gasteiger partial charge >= 0.3 is 0 Å². The highest BCUT2D eigenvalue weighted by atomic mass is 35.5. The summed E-state index contributed by atoms with van der Waals surface area (Å²) in [6, 6.07) is 12.1. The van der Waals surface area contributed by atoms with Crippen LogP contribution in [0.3, 0.4) is 0 Å². The molecule has 3 rings (SSSR count). The first-order valence-corrected chi connectivity index (χ1v) is 6.96. The van der Waals surface area contributed by atoms with Crippen LogP contribution in [0.4, 0.5) is 0 Å². The lowest BCUT2D eigenvalue weighted by Crippen LogP contribution is -1.90.